The third-order valence-corrected chi connectivity index (χ3v) is 3.04. The van der Waals surface area contributed by atoms with Crippen LogP contribution in [-0.2, 0) is 4.79 Å². The minimum Gasteiger partial charge on any atom is -0.344 e. The molecule has 0 unspecified atom stereocenters. The van der Waals surface area contributed by atoms with E-state index in [0.29, 0.717) is 19.4 Å². The van der Waals surface area contributed by atoms with Crippen molar-refractivity contribution in [3.05, 3.63) is 0 Å². The van der Waals surface area contributed by atoms with Gasteiger partial charge in [-0.05, 0) is 18.3 Å². The Morgan fingerprint density at radius 2 is 1.61 bits per heavy atom. The molecule has 0 heterocycles. The fourth-order valence-corrected chi connectivity index (χ4v) is 2.50. The molecule has 0 radical (unpaired) electrons. The summed E-state index contributed by atoms with van der Waals surface area (Å²) in [6.45, 7) is 11.0. The number of amides is 1. The molecule has 0 aromatic rings. The first kappa shape index (κ1) is 17.0. The summed E-state index contributed by atoms with van der Waals surface area (Å²) in [7, 11) is 1.81. The molecular formula is C15H28N2O. The Labute approximate surface area is 112 Å². The predicted octanol–water partition coefficient (Wildman–Crippen LogP) is 3.60. The van der Waals surface area contributed by atoms with Crippen molar-refractivity contribution in [3.8, 4) is 6.07 Å². The van der Waals surface area contributed by atoms with Gasteiger partial charge in [0.2, 0.25) is 5.91 Å². The highest BCUT2D eigenvalue weighted by Crippen LogP contribution is 2.32. The molecule has 0 saturated heterocycles. The molecule has 0 N–H and O–H groups in total. The number of rotatable bonds is 6. The van der Waals surface area contributed by atoms with Gasteiger partial charge in [0.15, 0.2) is 0 Å². The molecule has 1 amide bonds. The lowest BCUT2D eigenvalue weighted by Crippen LogP contribution is -2.44. The highest BCUT2D eigenvalue weighted by Gasteiger charge is 2.39. The summed E-state index contributed by atoms with van der Waals surface area (Å²) in [4.78, 5) is 14.3. The van der Waals surface area contributed by atoms with Gasteiger partial charge < -0.3 is 4.90 Å². The van der Waals surface area contributed by atoms with E-state index in [1.807, 2.05) is 20.9 Å². The summed E-state index contributed by atoms with van der Waals surface area (Å²) in [6, 6.07) is 2.29. The van der Waals surface area contributed by atoms with Crippen LogP contribution in [-0.4, -0.2) is 24.4 Å². The molecular weight excluding hydrogens is 224 g/mol. The Bertz CT molecular complexity index is 303. The molecule has 0 rings (SSSR count). The average Bonchev–Trinajstić information content (AvgIpc) is 2.25. The van der Waals surface area contributed by atoms with Gasteiger partial charge in [-0.15, -0.1) is 0 Å². The number of carbonyl (C=O) groups is 1. The number of nitriles is 1. The zero-order valence-electron chi connectivity index (χ0n) is 12.8. The molecule has 3 nitrogen and oxygen atoms in total. The van der Waals surface area contributed by atoms with Crippen molar-refractivity contribution in [1.82, 2.24) is 4.90 Å². The fraction of sp³-hybridized carbons (Fsp3) is 0.867. The van der Waals surface area contributed by atoms with Gasteiger partial charge in [-0.3, -0.25) is 4.79 Å². The van der Waals surface area contributed by atoms with E-state index in [0.717, 1.165) is 12.8 Å². The van der Waals surface area contributed by atoms with E-state index in [2.05, 4.69) is 26.8 Å². The van der Waals surface area contributed by atoms with Crippen molar-refractivity contribution in [3.63, 3.8) is 0 Å². The van der Waals surface area contributed by atoms with Crippen LogP contribution in [0.3, 0.4) is 0 Å². The summed E-state index contributed by atoms with van der Waals surface area (Å²) in [5, 5.41) is 9.46. The second kappa shape index (κ2) is 6.78. The third-order valence-electron chi connectivity index (χ3n) is 3.04. The van der Waals surface area contributed by atoms with Gasteiger partial charge in [0.25, 0.3) is 0 Å². The molecule has 3 heteroatoms. The van der Waals surface area contributed by atoms with E-state index in [-0.39, 0.29) is 11.3 Å². The molecule has 0 aromatic heterocycles. The van der Waals surface area contributed by atoms with Crippen LogP contribution in [0.5, 0.6) is 0 Å². The second-order valence-corrected chi connectivity index (χ2v) is 6.42. The van der Waals surface area contributed by atoms with E-state index >= 15 is 0 Å². The smallest absolute Gasteiger partial charge is 0.242 e. The zero-order valence-corrected chi connectivity index (χ0v) is 12.8. The van der Waals surface area contributed by atoms with Crippen LogP contribution < -0.4 is 0 Å². The van der Waals surface area contributed by atoms with Crippen LogP contribution >= 0.6 is 0 Å². The van der Waals surface area contributed by atoms with Crippen molar-refractivity contribution < 1.29 is 4.79 Å². The molecule has 0 spiro atoms. The first-order valence-electron chi connectivity index (χ1n) is 6.89. The number of hydrogen-bond donors (Lipinski definition) is 0. The Balaban J connectivity index is 5.02. The van der Waals surface area contributed by atoms with Crippen LogP contribution in [0.15, 0.2) is 0 Å². The lowest BCUT2D eigenvalue weighted by atomic mass is 9.79. The first-order valence-corrected chi connectivity index (χ1v) is 6.89. The summed E-state index contributed by atoms with van der Waals surface area (Å²) in [5.41, 5.74) is -0.756. The van der Waals surface area contributed by atoms with Gasteiger partial charge in [0.05, 0.1) is 6.07 Å². The van der Waals surface area contributed by atoms with E-state index in [1.54, 1.807) is 4.90 Å². The molecule has 0 fully saturated rings. The van der Waals surface area contributed by atoms with Crippen molar-refractivity contribution in [1.29, 1.82) is 5.26 Å². The maximum atomic E-state index is 12.6. The predicted molar refractivity (Wildman–Crippen MR) is 75.0 cm³/mol. The monoisotopic (exact) mass is 252 g/mol. The maximum absolute atomic E-state index is 12.6. The first-order chi connectivity index (χ1) is 8.22. The van der Waals surface area contributed by atoms with Crippen molar-refractivity contribution >= 4 is 5.91 Å². The van der Waals surface area contributed by atoms with Gasteiger partial charge >= 0.3 is 0 Å². The van der Waals surface area contributed by atoms with Crippen LogP contribution in [0.25, 0.3) is 0 Å². The van der Waals surface area contributed by atoms with Gasteiger partial charge in [-0.25, -0.2) is 0 Å². The highest BCUT2D eigenvalue weighted by atomic mass is 16.2. The Kier molecular flexibility index (Phi) is 6.38. The average molecular weight is 252 g/mol. The minimum atomic E-state index is -0.816. The standard InChI is InChI=1S/C15H28N2O/c1-7-9-15(11-16,10-8-2)13(18)17(6)12-14(3,4)5/h7-10,12H2,1-6H3. The zero-order chi connectivity index (χ0) is 14.4. The lowest BCUT2D eigenvalue weighted by Gasteiger charge is -2.33. The number of carbonyl (C=O) groups excluding carboxylic acids is 1. The largest absolute Gasteiger partial charge is 0.344 e. The molecule has 0 aliphatic heterocycles. The van der Waals surface area contributed by atoms with Crippen molar-refractivity contribution in [2.75, 3.05) is 13.6 Å². The maximum Gasteiger partial charge on any atom is 0.242 e. The fourth-order valence-electron chi connectivity index (χ4n) is 2.50. The summed E-state index contributed by atoms with van der Waals surface area (Å²) >= 11 is 0. The minimum absolute atomic E-state index is 0.0105. The molecule has 0 saturated carbocycles. The molecule has 18 heavy (non-hydrogen) atoms. The van der Waals surface area contributed by atoms with Crippen LogP contribution in [0.2, 0.25) is 0 Å². The summed E-state index contributed by atoms with van der Waals surface area (Å²) in [5.74, 6) is -0.0105. The van der Waals surface area contributed by atoms with Crippen molar-refractivity contribution in [2.45, 2.75) is 60.3 Å². The highest BCUT2D eigenvalue weighted by molar-refractivity contribution is 5.85. The number of hydrogen-bond acceptors (Lipinski definition) is 2. The third kappa shape index (κ3) is 4.68. The van der Waals surface area contributed by atoms with Crippen molar-refractivity contribution in [2.24, 2.45) is 10.8 Å². The lowest BCUT2D eigenvalue weighted by molar-refractivity contribution is -0.139. The number of nitrogens with zero attached hydrogens (tertiary/aromatic N) is 2. The molecule has 0 aliphatic rings. The Morgan fingerprint density at radius 1 is 1.17 bits per heavy atom. The van der Waals surface area contributed by atoms with E-state index in [1.165, 1.54) is 0 Å². The van der Waals surface area contributed by atoms with E-state index in [4.69, 9.17) is 0 Å². The van der Waals surface area contributed by atoms with Crippen LogP contribution in [0, 0.1) is 22.2 Å². The molecule has 0 bridgehead atoms. The summed E-state index contributed by atoms with van der Waals surface area (Å²) in [6.07, 6.45) is 3.04. The SMILES string of the molecule is CCCC(C#N)(CCC)C(=O)N(C)CC(C)(C)C. The summed E-state index contributed by atoms with van der Waals surface area (Å²) < 4.78 is 0. The Morgan fingerprint density at radius 3 is 1.89 bits per heavy atom. The van der Waals surface area contributed by atoms with Gasteiger partial charge in [0, 0.05) is 13.6 Å². The quantitative estimate of drug-likeness (QED) is 0.725. The molecule has 104 valence electrons. The molecule has 0 aliphatic carbocycles. The topological polar surface area (TPSA) is 44.1 Å². The van der Waals surface area contributed by atoms with Gasteiger partial charge in [-0.2, -0.15) is 5.26 Å². The molecule has 0 aromatic carbocycles. The second-order valence-electron chi connectivity index (χ2n) is 6.42. The van der Waals surface area contributed by atoms with Crippen LogP contribution in [0.1, 0.15) is 60.3 Å². The van der Waals surface area contributed by atoms with E-state index in [9.17, 15) is 10.1 Å². The molecule has 0 atom stereocenters. The normalized spacial score (nSPS) is 12.1. The van der Waals surface area contributed by atoms with E-state index < -0.39 is 5.41 Å². The van der Waals surface area contributed by atoms with Gasteiger partial charge in [-0.1, -0.05) is 47.5 Å². The van der Waals surface area contributed by atoms with Gasteiger partial charge in [0.1, 0.15) is 5.41 Å². The Hall–Kier alpha value is -1.04. The van der Waals surface area contributed by atoms with Crippen LogP contribution in [0.4, 0.5) is 0 Å².